The summed E-state index contributed by atoms with van der Waals surface area (Å²) in [6.07, 6.45) is 0. The maximum Gasteiger partial charge on any atom is 0.124 e. The van der Waals surface area contributed by atoms with Crippen molar-refractivity contribution in [3.63, 3.8) is 0 Å². The molecule has 0 saturated heterocycles. The highest BCUT2D eigenvalue weighted by molar-refractivity contribution is 7.22. The maximum atomic E-state index is 14.4. The van der Waals surface area contributed by atoms with Crippen LogP contribution < -0.4 is 0 Å². The summed E-state index contributed by atoms with van der Waals surface area (Å²) < 4.78 is 31.1. The lowest BCUT2D eigenvalue weighted by Crippen LogP contribution is -1.97. The number of thiazole rings is 2. The molecule has 0 saturated carbocycles. The molecule has 2 nitrogen and oxygen atoms in total. The van der Waals surface area contributed by atoms with Crippen molar-refractivity contribution in [1.82, 2.24) is 9.97 Å². The van der Waals surface area contributed by atoms with Gasteiger partial charge in [0.15, 0.2) is 0 Å². The molecular formula is C142H92F2N2S2. The number of hydrogen-bond donors (Lipinski definition) is 0. The molecule has 0 unspecified atom stereocenters. The lowest BCUT2D eigenvalue weighted by atomic mass is 9.77. The fourth-order valence-corrected chi connectivity index (χ4v) is 25.1. The van der Waals surface area contributed by atoms with Gasteiger partial charge in [-0.1, -0.05) is 473 Å². The van der Waals surface area contributed by atoms with E-state index >= 15 is 0 Å². The minimum atomic E-state index is -0.274. The van der Waals surface area contributed by atoms with Crippen LogP contribution in [0.5, 0.6) is 0 Å². The quantitative estimate of drug-likeness (QED) is 0.101. The smallest absolute Gasteiger partial charge is 0.124 e. The van der Waals surface area contributed by atoms with E-state index in [1.807, 2.05) is 36.4 Å². The zero-order valence-corrected chi connectivity index (χ0v) is 82.8. The molecule has 2 heterocycles. The fraction of sp³-hybridized carbons (Fsp3) is 0.0141. The molecule has 0 amide bonds. The van der Waals surface area contributed by atoms with Crippen LogP contribution in [0, 0.1) is 25.5 Å². The minimum absolute atomic E-state index is 0.274. The van der Waals surface area contributed by atoms with Crippen LogP contribution in [0.3, 0.4) is 0 Å². The van der Waals surface area contributed by atoms with E-state index in [0.29, 0.717) is 0 Å². The van der Waals surface area contributed by atoms with Crippen molar-refractivity contribution in [2.45, 2.75) is 13.8 Å². The zero-order valence-electron chi connectivity index (χ0n) is 81.1. The van der Waals surface area contributed by atoms with Gasteiger partial charge < -0.3 is 0 Å². The molecule has 0 fully saturated rings. The molecule has 0 N–H and O–H groups in total. The Balaban J connectivity index is 0.000000115. The topological polar surface area (TPSA) is 25.8 Å². The third-order valence-electron chi connectivity index (χ3n) is 29.2. The maximum absolute atomic E-state index is 14.4. The third-order valence-corrected chi connectivity index (χ3v) is 31.4. The zero-order chi connectivity index (χ0) is 98.8. The summed E-state index contributed by atoms with van der Waals surface area (Å²) in [6, 6.07) is 185. The van der Waals surface area contributed by atoms with Crippen LogP contribution in [-0.2, 0) is 0 Å². The van der Waals surface area contributed by atoms with Crippen LogP contribution in [0.15, 0.2) is 522 Å². The monoisotopic (exact) mass is 1930 g/mol. The Labute approximate surface area is 865 Å². The predicted molar refractivity (Wildman–Crippen MR) is 629 cm³/mol. The number of aryl methyl sites for hydroxylation is 2. The predicted octanol–water partition coefficient (Wildman–Crippen LogP) is 40.9. The van der Waals surface area contributed by atoms with Crippen molar-refractivity contribution in [2.24, 2.45) is 0 Å². The molecule has 0 atom stereocenters. The average Bonchev–Trinajstić information content (AvgIpc) is 0.791. The summed E-state index contributed by atoms with van der Waals surface area (Å²) in [5, 5.41) is 23.6. The summed E-state index contributed by atoms with van der Waals surface area (Å²) in [7, 11) is 0. The molecule has 0 radical (unpaired) electrons. The second-order valence-corrected chi connectivity index (χ2v) is 40.2. The van der Waals surface area contributed by atoms with Gasteiger partial charge in [-0.2, -0.15) is 0 Å². The van der Waals surface area contributed by atoms with Gasteiger partial charge in [0, 0.05) is 11.1 Å². The van der Waals surface area contributed by atoms with Crippen LogP contribution in [0.4, 0.5) is 8.78 Å². The second kappa shape index (κ2) is 38.4. The summed E-state index contributed by atoms with van der Waals surface area (Å²) in [5.41, 5.74) is 34.9. The average molecular weight is 1930 g/mol. The minimum Gasteiger partial charge on any atom is -0.236 e. The number of halogens is 2. The summed E-state index contributed by atoms with van der Waals surface area (Å²) >= 11 is 3.52. The Morgan fingerprint density at radius 3 is 0.459 bits per heavy atom. The molecule has 0 aliphatic carbocycles. The highest BCUT2D eigenvalue weighted by atomic mass is 32.1. The first kappa shape index (κ1) is 89.8. The van der Waals surface area contributed by atoms with Gasteiger partial charge in [-0.3, -0.25) is 0 Å². The van der Waals surface area contributed by atoms with Crippen LogP contribution >= 0.6 is 22.7 Å². The van der Waals surface area contributed by atoms with Gasteiger partial charge in [-0.15, -0.1) is 22.7 Å². The van der Waals surface area contributed by atoms with Gasteiger partial charge in [0.25, 0.3) is 0 Å². The van der Waals surface area contributed by atoms with E-state index in [-0.39, 0.29) is 11.6 Å². The molecular weight excluding hydrogens is 1840 g/mol. The Hall–Kier alpha value is -18.3. The first-order chi connectivity index (χ1) is 73.1. The molecule has 696 valence electrons. The fourth-order valence-electron chi connectivity index (χ4n) is 22.9. The molecule has 0 aliphatic rings. The van der Waals surface area contributed by atoms with Crippen molar-refractivity contribution < 1.29 is 8.78 Å². The summed E-state index contributed by atoms with van der Waals surface area (Å²) in [5.74, 6) is -0.548. The summed E-state index contributed by atoms with van der Waals surface area (Å²) in [4.78, 5) is 10.1. The van der Waals surface area contributed by atoms with Crippen LogP contribution in [0.25, 0.3) is 272 Å². The molecule has 0 bridgehead atoms. The molecule has 0 spiro atoms. The third kappa shape index (κ3) is 16.0. The normalized spacial score (nSPS) is 11.5. The number of nitrogens with zero attached hydrogens (tertiary/aromatic N) is 2. The Morgan fingerprint density at radius 2 is 0.291 bits per heavy atom. The van der Waals surface area contributed by atoms with Gasteiger partial charge in [-0.05, 0) is 304 Å². The van der Waals surface area contributed by atoms with E-state index in [9.17, 15) is 8.78 Å². The molecule has 28 aromatic rings. The Morgan fingerprint density at radius 1 is 0.149 bits per heavy atom. The molecule has 26 aromatic carbocycles. The lowest BCUT2D eigenvalue weighted by Gasteiger charge is -2.25. The number of aromatic nitrogens is 2. The number of rotatable bonds is 14. The van der Waals surface area contributed by atoms with Gasteiger partial charge in [0.1, 0.15) is 21.6 Å². The number of benzene rings is 26. The molecule has 6 heteroatoms. The number of hydrogen-bond acceptors (Lipinski definition) is 4. The van der Waals surface area contributed by atoms with E-state index in [4.69, 9.17) is 9.97 Å². The lowest BCUT2D eigenvalue weighted by molar-refractivity contribution is 0.627. The molecule has 0 aliphatic heterocycles. The highest BCUT2D eigenvalue weighted by Crippen LogP contribution is 2.59. The summed E-state index contributed by atoms with van der Waals surface area (Å²) in [6.45, 7) is 4.28. The van der Waals surface area contributed by atoms with Crippen molar-refractivity contribution in [2.75, 3.05) is 0 Å². The van der Waals surface area contributed by atoms with Crippen LogP contribution in [-0.4, -0.2) is 9.97 Å². The van der Waals surface area contributed by atoms with Crippen LogP contribution in [0.2, 0.25) is 0 Å². The molecule has 2 aromatic heterocycles. The Bertz CT molecular complexity index is 9250. The molecule has 148 heavy (non-hydrogen) atoms. The van der Waals surface area contributed by atoms with Gasteiger partial charge in [-0.25, -0.2) is 18.7 Å². The highest BCUT2D eigenvalue weighted by Gasteiger charge is 2.32. The van der Waals surface area contributed by atoms with Gasteiger partial charge >= 0.3 is 0 Å². The van der Waals surface area contributed by atoms with E-state index in [1.54, 1.807) is 22.7 Å². The van der Waals surface area contributed by atoms with Crippen molar-refractivity contribution in [3.05, 3.63) is 544 Å². The first-order valence-electron chi connectivity index (χ1n) is 50.3. The van der Waals surface area contributed by atoms with Gasteiger partial charge in [0.05, 0.1) is 20.4 Å². The standard InChI is InChI=1S/C58H38N2S2.C42H26F2.C42H28/c1-35-21-31-47-49(33-35)61-57(59-47)41-27-23-39(24-28-41)53-45-19-11-12-20-46(45)54(40-25-29-42(30-26-40)58-60-48-32-22-36(2)34-50(48)62-58)56-52(38-15-7-4-8-16-38)44-18-10-9-17-43(44)51(55(53)56)37-13-5-3-6-14-37;43-31-23-19-29(20-24-31)39-35-17-9-10-18-36(35)40(30-21-25-32(44)26-22-30)42-38(28-13-5-2-6-14-28)34-16-8-7-15-33(34)37(41(39)42)27-11-3-1-4-12-27;1-5-17-29(18-6-1)37-33-25-13-14-26-34(33)39(31-21-9-3-10-22-31)42-40(32-23-11-4-12-24-32)36-28-16-15-27-35(36)38(41(37)42)30-19-7-2-8-20-30/h3-34H,1-2H3;1-26H;1-28H. The van der Waals surface area contributed by atoms with Crippen molar-refractivity contribution in [3.8, 4) is 155 Å². The van der Waals surface area contributed by atoms with Gasteiger partial charge in [0.2, 0.25) is 0 Å². The van der Waals surface area contributed by atoms with Crippen LogP contribution in [0.1, 0.15) is 11.1 Å². The van der Waals surface area contributed by atoms with E-state index in [1.165, 1.54) is 198 Å². The molecule has 28 rings (SSSR count). The van der Waals surface area contributed by atoms with E-state index in [0.717, 1.165) is 109 Å². The van der Waals surface area contributed by atoms with Crippen molar-refractivity contribution >= 4 is 140 Å². The second-order valence-electron chi connectivity index (χ2n) is 38.1. The SMILES string of the molecule is Cc1ccc2nc(-c3ccc(-c4c5ccccc5c(-c5ccc(-c6nc7ccc(C)cc7s6)cc5)c5c(-c6ccccc6)c6ccccc6c(-c6ccccc6)c45)cc3)sc2c1.Fc1ccc(-c2c3ccccc3c(-c3ccc(F)cc3)c3c(-c4ccccc4)c4ccccc4c(-c4ccccc4)c23)cc1.c1ccc(-c2c3ccccc3c(-c3ccccc3)c3c(-c4ccccc4)c4ccccc4c(-c4ccccc4)c23)cc1. The van der Waals surface area contributed by atoms with E-state index in [2.05, 4.69) is 475 Å². The van der Waals surface area contributed by atoms with E-state index < -0.39 is 0 Å². The Kier molecular flexibility index (Phi) is 23.3. The van der Waals surface area contributed by atoms with Crippen molar-refractivity contribution in [1.29, 1.82) is 0 Å². The number of fused-ring (bicyclic) bond motifs is 11. The largest absolute Gasteiger partial charge is 0.236 e. The first-order valence-corrected chi connectivity index (χ1v) is 52.0.